The summed E-state index contributed by atoms with van der Waals surface area (Å²) in [5.41, 5.74) is 3.40. The van der Waals surface area contributed by atoms with Crippen molar-refractivity contribution in [3.63, 3.8) is 0 Å². The van der Waals surface area contributed by atoms with Crippen LogP contribution in [0, 0.1) is 13.8 Å². The number of methoxy groups -OCH3 is 1. The number of hydrogen-bond donors (Lipinski definition) is 1. The van der Waals surface area contributed by atoms with Gasteiger partial charge >= 0.3 is 0 Å². The Hall–Kier alpha value is -2.67. The molecule has 26 heavy (non-hydrogen) atoms. The van der Waals surface area contributed by atoms with Crippen molar-refractivity contribution in [3.8, 4) is 11.6 Å². The second-order valence-electron chi connectivity index (χ2n) is 5.90. The molecule has 134 valence electrons. The van der Waals surface area contributed by atoms with Crippen molar-refractivity contribution >= 4 is 21.8 Å². The zero-order valence-corrected chi connectivity index (χ0v) is 16.4. The lowest BCUT2D eigenvalue weighted by molar-refractivity contribution is 0.0950. The number of halogens is 1. The average molecular weight is 415 g/mol. The smallest absolute Gasteiger partial charge is 0.253 e. The number of ether oxygens (including phenoxy) is 1. The van der Waals surface area contributed by atoms with Crippen LogP contribution in [0.1, 0.15) is 27.3 Å². The Bertz CT molecular complexity index is 935. The quantitative estimate of drug-likeness (QED) is 0.692. The summed E-state index contributed by atoms with van der Waals surface area (Å²) in [6.45, 7) is 4.32. The molecule has 0 aliphatic heterocycles. The third kappa shape index (κ3) is 3.94. The Morgan fingerprint density at radius 2 is 2.04 bits per heavy atom. The molecule has 0 unspecified atom stereocenters. The van der Waals surface area contributed by atoms with Crippen molar-refractivity contribution in [2.45, 2.75) is 20.4 Å². The first-order chi connectivity index (χ1) is 12.5. The zero-order valence-electron chi connectivity index (χ0n) is 14.8. The van der Waals surface area contributed by atoms with Crippen molar-refractivity contribution < 1.29 is 9.53 Å². The Morgan fingerprint density at radius 3 is 2.62 bits per heavy atom. The number of carbonyl (C=O) groups excluding carboxylic acids is 1. The number of amides is 1. The number of hydrogen-bond acceptors (Lipinski definition) is 4. The standard InChI is InChI=1S/C19H19BrN4O2/c1-12-8-13(2)24(23-12)18-7-5-15(11-21-18)19(25)22-10-14-4-6-17(26-3)16(20)9-14/h4-9,11H,10H2,1-3H3,(H,22,25). The molecule has 1 aromatic carbocycles. The summed E-state index contributed by atoms with van der Waals surface area (Å²) in [6, 6.07) is 11.2. The maximum Gasteiger partial charge on any atom is 0.253 e. The van der Waals surface area contributed by atoms with Gasteiger partial charge in [0.15, 0.2) is 5.82 Å². The molecule has 0 saturated carbocycles. The maximum absolute atomic E-state index is 12.3. The molecule has 0 aliphatic rings. The minimum absolute atomic E-state index is 0.177. The lowest BCUT2D eigenvalue weighted by atomic mass is 10.2. The van der Waals surface area contributed by atoms with E-state index in [1.165, 1.54) is 0 Å². The Labute approximate surface area is 160 Å². The van der Waals surface area contributed by atoms with E-state index in [-0.39, 0.29) is 5.91 Å². The summed E-state index contributed by atoms with van der Waals surface area (Å²) in [5, 5.41) is 7.28. The molecule has 0 bridgehead atoms. The third-order valence-corrected chi connectivity index (χ3v) is 4.53. The summed E-state index contributed by atoms with van der Waals surface area (Å²) in [7, 11) is 1.62. The highest BCUT2D eigenvalue weighted by molar-refractivity contribution is 9.10. The van der Waals surface area contributed by atoms with E-state index in [4.69, 9.17) is 4.74 Å². The van der Waals surface area contributed by atoms with Gasteiger partial charge in [-0.3, -0.25) is 4.79 Å². The fourth-order valence-electron chi connectivity index (χ4n) is 2.61. The SMILES string of the molecule is COc1ccc(CNC(=O)c2ccc(-n3nc(C)cc3C)nc2)cc1Br. The van der Waals surface area contributed by atoms with Crippen molar-refractivity contribution in [2.24, 2.45) is 0 Å². The lowest BCUT2D eigenvalue weighted by Gasteiger charge is -2.09. The van der Waals surface area contributed by atoms with Gasteiger partial charge in [0.05, 0.1) is 22.8 Å². The van der Waals surface area contributed by atoms with E-state index < -0.39 is 0 Å². The fraction of sp³-hybridized carbons (Fsp3) is 0.211. The topological polar surface area (TPSA) is 69.0 Å². The van der Waals surface area contributed by atoms with Crippen molar-refractivity contribution in [3.05, 3.63) is 69.6 Å². The van der Waals surface area contributed by atoms with Gasteiger partial charge in [0.25, 0.3) is 5.91 Å². The molecule has 6 nitrogen and oxygen atoms in total. The Morgan fingerprint density at radius 1 is 1.23 bits per heavy atom. The molecule has 3 aromatic rings. The summed E-state index contributed by atoms with van der Waals surface area (Å²) in [6.07, 6.45) is 1.56. The largest absolute Gasteiger partial charge is 0.496 e. The van der Waals surface area contributed by atoms with Gasteiger partial charge in [-0.2, -0.15) is 5.10 Å². The van der Waals surface area contributed by atoms with Crippen molar-refractivity contribution in [1.82, 2.24) is 20.1 Å². The molecule has 0 spiro atoms. The summed E-state index contributed by atoms with van der Waals surface area (Å²) in [4.78, 5) is 16.7. The fourth-order valence-corrected chi connectivity index (χ4v) is 3.20. The van der Waals surface area contributed by atoms with Crippen LogP contribution < -0.4 is 10.1 Å². The molecule has 2 aromatic heterocycles. The maximum atomic E-state index is 12.3. The summed E-state index contributed by atoms with van der Waals surface area (Å²) >= 11 is 3.44. The van der Waals surface area contributed by atoms with Crippen LogP contribution in [-0.4, -0.2) is 27.8 Å². The van der Waals surface area contributed by atoms with Crippen LogP contribution in [0.2, 0.25) is 0 Å². The molecule has 7 heteroatoms. The first-order valence-electron chi connectivity index (χ1n) is 8.08. The van der Waals surface area contributed by atoms with Gasteiger partial charge in [0, 0.05) is 18.4 Å². The number of nitrogens with zero attached hydrogens (tertiary/aromatic N) is 3. The lowest BCUT2D eigenvalue weighted by Crippen LogP contribution is -2.23. The molecular weight excluding hydrogens is 396 g/mol. The zero-order chi connectivity index (χ0) is 18.7. The minimum Gasteiger partial charge on any atom is -0.496 e. The van der Waals surface area contributed by atoms with Crippen LogP contribution in [0.5, 0.6) is 5.75 Å². The van der Waals surface area contributed by atoms with E-state index in [2.05, 4.69) is 31.3 Å². The van der Waals surface area contributed by atoms with Gasteiger partial charge in [0.2, 0.25) is 0 Å². The number of carbonyl (C=O) groups is 1. The molecule has 0 fully saturated rings. The van der Waals surface area contributed by atoms with Gasteiger partial charge in [-0.1, -0.05) is 6.07 Å². The van der Waals surface area contributed by atoms with Crippen molar-refractivity contribution in [1.29, 1.82) is 0 Å². The molecule has 1 N–H and O–H groups in total. The number of aromatic nitrogens is 3. The summed E-state index contributed by atoms with van der Waals surface area (Å²) < 4.78 is 7.81. The normalized spacial score (nSPS) is 10.6. The van der Waals surface area contributed by atoms with Crippen LogP contribution >= 0.6 is 15.9 Å². The van der Waals surface area contributed by atoms with Gasteiger partial charge in [-0.25, -0.2) is 9.67 Å². The number of nitrogens with one attached hydrogen (secondary N) is 1. The second kappa shape index (κ2) is 7.70. The third-order valence-electron chi connectivity index (χ3n) is 3.91. The predicted molar refractivity (Wildman–Crippen MR) is 103 cm³/mol. The van der Waals surface area contributed by atoms with Crippen LogP contribution in [0.15, 0.2) is 47.1 Å². The van der Waals surface area contributed by atoms with E-state index in [0.717, 1.165) is 27.2 Å². The minimum atomic E-state index is -0.177. The van der Waals surface area contributed by atoms with E-state index >= 15 is 0 Å². The first kappa shape index (κ1) is 18.1. The van der Waals surface area contributed by atoms with Crippen LogP contribution in [0.3, 0.4) is 0 Å². The van der Waals surface area contributed by atoms with Crippen molar-refractivity contribution in [2.75, 3.05) is 7.11 Å². The molecule has 0 atom stereocenters. The second-order valence-corrected chi connectivity index (χ2v) is 6.75. The number of aryl methyl sites for hydroxylation is 2. The van der Waals surface area contributed by atoms with E-state index in [0.29, 0.717) is 17.9 Å². The van der Waals surface area contributed by atoms with Gasteiger partial charge in [0.1, 0.15) is 5.75 Å². The molecule has 1 amide bonds. The molecule has 0 radical (unpaired) electrons. The Balaban J connectivity index is 1.67. The molecular formula is C19H19BrN4O2. The Kier molecular flexibility index (Phi) is 5.37. The van der Waals surface area contributed by atoms with Crippen LogP contribution in [0.25, 0.3) is 5.82 Å². The number of pyridine rings is 1. The number of rotatable bonds is 5. The van der Waals surface area contributed by atoms with Gasteiger partial charge in [-0.15, -0.1) is 0 Å². The van der Waals surface area contributed by atoms with E-state index in [1.54, 1.807) is 30.1 Å². The van der Waals surface area contributed by atoms with E-state index in [1.807, 2.05) is 38.1 Å². The highest BCUT2D eigenvalue weighted by Gasteiger charge is 2.09. The summed E-state index contributed by atoms with van der Waals surface area (Å²) in [5.74, 6) is 1.26. The van der Waals surface area contributed by atoms with Crippen LogP contribution in [0.4, 0.5) is 0 Å². The average Bonchev–Trinajstić information content (AvgIpc) is 2.98. The molecule has 0 aliphatic carbocycles. The van der Waals surface area contributed by atoms with Gasteiger partial charge < -0.3 is 10.1 Å². The number of benzene rings is 1. The monoisotopic (exact) mass is 414 g/mol. The predicted octanol–water partition coefficient (Wildman–Crippen LogP) is 3.59. The molecule has 2 heterocycles. The highest BCUT2D eigenvalue weighted by atomic mass is 79.9. The first-order valence-corrected chi connectivity index (χ1v) is 8.87. The van der Waals surface area contributed by atoms with Gasteiger partial charge in [-0.05, 0) is 65.7 Å². The molecule has 3 rings (SSSR count). The van der Waals surface area contributed by atoms with E-state index in [9.17, 15) is 4.79 Å². The highest BCUT2D eigenvalue weighted by Crippen LogP contribution is 2.25. The van der Waals surface area contributed by atoms with Crippen LogP contribution in [-0.2, 0) is 6.54 Å². The molecule has 0 saturated heterocycles.